The van der Waals surface area contributed by atoms with Crippen LogP contribution in [0.1, 0.15) is 0 Å². The van der Waals surface area contributed by atoms with Crippen LogP contribution in [0, 0.1) is 0 Å². The van der Waals surface area contributed by atoms with Crippen LogP contribution in [-0.4, -0.2) is 19.5 Å². The maximum atomic E-state index is 5.89. The van der Waals surface area contributed by atoms with E-state index in [1.807, 2.05) is 49.5 Å². The molecule has 0 radical (unpaired) electrons. The maximum absolute atomic E-state index is 5.89. The molecule has 0 amide bonds. The van der Waals surface area contributed by atoms with Crippen molar-refractivity contribution in [1.29, 1.82) is 0 Å². The van der Waals surface area contributed by atoms with E-state index < -0.39 is 0 Å². The lowest BCUT2D eigenvalue weighted by Gasteiger charge is -2.06. The second-order valence-corrected chi connectivity index (χ2v) is 5.18. The summed E-state index contributed by atoms with van der Waals surface area (Å²) in [6.07, 6.45) is 0. The molecule has 2 aromatic carbocycles. The number of hydrogen-bond acceptors (Lipinski definition) is 5. The summed E-state index contributed by atoms with van der Waals surface area (Å²) in [6, 6.07) is 13.8. The Bertz CT molecular complexity index is 1020. The van der Waals surface area contributed by atoms with Gasteiger partial charge in [-0.15, -0.1) is 0 Å². The molecule has 2 aromatic heterocycles. The fraction of sp³-hybridized carbons (Fsp3) is 0.0625. The van der Waals surface area contributed by atoms with Gasteiger partial charge >= 0.3 is 0 Å². The molecule has 0 fully saturated rings. The summed E-state index contributed by atoms with van der Waals surface area (Å²) in [5.74, 6) is 1.44. The van der Waals surface area contributed by atoms with E-state index in [2.05, 4.69) is 14.5 Å². The molecule has 0 aliphatic carbocycles. The Morgan fingerprint density at radius 2 is 1.73 bits per heavy atom. The molecule has 108 valence electrons. The average Bonchev–Trinajstić information content (AvgIpc) is 2.84. The highest BCUT2D eigenvalue weighted by molar-refractivity contribution is 5.92. The number of rotatable bonds is 1. The normalized spacial score (nSPS) is 11.3. The molecular formula is C16H14N6. The quantitative estimate of drug-likeness (QED) is 0.561. The summed E-state index contributed by atoms with van der Waals surface area (Å²) in [6.45, 7) is 0. The lowest BCUT2D eigenvalue weighted by molar-refractivity contribution is 0.959. The first kappa shape index (κ1) is 12.6. The summed E-state index contributed by atoms with van der Waals surface area (Å²) in [4.78, 5) is 12.9. The van der Waals surface area contributed by atoms with Crippen LogP contribution in [0.25, 0.3) is 33.3 Å². The predicted octanol–water partition coefficient (Wildman–Crippen LogP) is 2.35. The second kappa shape index (κ2) is 4.42. The monoisotopic (exact) mass is 290 g/mol. The lowest BCUT2D eigenvalue weighted by atomic mass is 10.1. The molecule has 0 aliphatic rings. The van der Waals surface area contributed by atoms with Gasteiger partial charge in [0.25, 0.3) is 0 Å². The molecule has 4 rings (SSSR count). The van der Waals surface area contributed by atoms with Gasteiger partial charge in [-0.05, 0) is 24.3 Å². The Kier molecular flexibility index (Phi) is 2.53. The highest BCUT2D eigenvalue weighted by Gasteiger charge is 2.11. The van der Waals surface area contributed by atoms with Crippen molar-refractivity contribution in [3.8, 4) is 11.4 Å². The molecule has 6 nitrogen and oxygen atoms in total. The van der Waals surface area contributed by atoms with Gasteiger partial charge in [0.05, 0.1) is 16.6 Å². The minimum absolute atomic E-state index is 0.173. The van der Waals surface area contributed by atoms with Gasteiger partial charge in [0, 0.05) is 18.0 Å². The van der Waals surface area contributed by atoms with Gasteiger partial charge in [-0.25, -0.2) is 9.97 Å². The first-order chi connectivity index (χ1) is 10.6. The van der Waals surface area contributed by atoms with Crippen LogP contribution in [0.2, 0.25) is 0 Å². The van der Waals surface area contributed by atoms with Gasteiger partial charge in [0.1, 0.15) is 11.6 Å². The van der Waals surface area contributed by atoms with Gasteiger partial charge in [-0.1, -0.05) is 18.2 Å². The zero-order valence-electron chi connectivity index (χ0n) is 12.0. The third kappa shape index (κ3) is 1.77. The lowest BCUT2D eigenvalue weighted by Crippen LogP contribution is -2.01. The van der Waals surface area contributed by atoms with Crippen molar-refractivity contribution in [3.05, 3.63) is 42.5 Å². The van der Waals surface area contributed by atoms with Crippen LogP contribution in [0.3, 0.4) is 0 Å². The number of imidazole rings is 1. The van der Waals surface area contributed by atoms with Crippen molar-refractivity contribution in [1.82, 2.24) is 19.5 Å². The molecule has 0 saturated carbocycles. The van der Waals surface area contributed by atoms with Crippen molar-refractivity contribution in [2.45, 2.75) is 0 Å². The second-order valence-electron chi connectivity index (χ2n) is 5.18. The van der Waals surface area contributed by atoms with Crippen LogP contribution >= 0.6 is 0 Å². The largest absolute Gasteiger partial charge is 0.383 e. The van der Waals surface area contributed by atoms with Crippen molar-refractivity contribution in [2.24, 2.45) is 7.05 Å². The fourth-order valence-corrected chi connectivity index (χ4v) is 2.72. The number of aromatic nitrogens is 4. The molecule has 0 bridgehead atoms. The third-order valence-electron chi connectivity index (χ3n) is 3.79. The highest BCUT2D eigenvalue weighted by Crippen LogP contribution is 2.27. The molecule has 0 spiro atoms. The standard InChI is InChI=1S/C16H14N6/c1-22-13-5-3-2-4-11(13)19-15(22)9-6-7-10-12(8-9)20-16(18)21-14(10)17/h2-8H,1H3,(H4,17,18,20,21). The molecule has 4 N–H and O–H groups in total. The summed E-state index contributed by atoms with van der Waals surface area (Å²) in [7, 11) is 2.00. The Balaban J connectivity index is 1.98. The molecule has 0 aliphatic heterocycles. The summed E-state index contributed by atoms with van der Waals surface area (Å²) < 4.78 is 2.06. The highest BCUT2D eigenvalue weighted by atomic mass is 15.1. The van der Waals surface area contributed by atoms with E-state index in [-0.39, 0.29) is 5.95 Å². The Morgan fingerprint density at radius 1 is 0.909 bits per heavy atom. The number of hydrogen-bond donors (Lipinski definition) is 2. The molecule has 0 atom stereocenters. The predicted molar refractivity (Wildman–Crippen MR) is 88.1 cm³/mol. The molecule has 4 aromatic rings. The molecule has 0 unspecified atom stereocenters. The van der Waals surface area contributed by atoms with Crippen LogP contribution in [0.4, 0.5) is 11.8 Å². The van der Waals surface area contributed by atoms with Gasteiger partial charge in [0.15, 0.2) is 0 Å². The topological polar surface area (TPSA) is 95.6 Å². The van der Waals surface area contributed by atoms with Crippen LogP contribution in [0.15, 0.2) is 42.5 Å². The molecular weight excluding hydrogens is 276 g/mol. The van der Waals surface area contributed by atoms with E-state index in [0.717, 1.165) is 33.3 Å². The minimum Gasteiger partial charge on any atom is -0.383 e. The summed E-state index contributed by atoms with van der Waals surface area (Å²) >= 11 is 0. The Morgan fingerprint density at radius 3 is 2.55 bits per heavy atom. The zero-order valence-corrected chi connectivity index (χ0v) is 12.0. The Labute approximate surface area is 126 Å². The summed E-state index contributed by atoms with van der Waals surface area (Å²) in [5.41, 5.74) is 15.3. The fourth-order valence-electron chi connectivity index (χ4n) is 2.72. The van der Waals surface area contributed by atoms with E-state index in [1.54, 1.807) is 0 Å². The number of nitrogens with two attached hydrogens (primary N) is 2. The maximum Gasteiger partial charge on any atom is 0.222 e. The number of nitrogens with zero attached hydrogens (tertiary/aromatic N) is 4. The van der Waals surface area contributed by atoms with Crippen molar-refractivity contribution < 1.29 is 0 Å². The number of para-hydroxylation sites is 2. The number of anilines is 2. The van der Waals surface area contributed by atoms with E-state index in [0.29, 0.717) is 5.82 Å². The number of benzene rings is 2. The minimum atomic E-state index is 0.173. The molecule has 22 heavy (non-hydrogen) atoms. The van der Waals surface area contributed by atoms with E-state index in [4.69, 9.17) is 16.5 Å². The van der Waals surface area contributed by atoms with Gasteiger partial charge in [-0.3, -0.25) is 0 Å². The molecule has 2 heterocycles. The first-order valence-electron chi connectivity index (χ1n) is 6.88. The van der Waals surface area contributed by atoms with E-state index in [1.165, 1.54) is 0 Å². The molecule has 0 saturated heterocycles. The van der Waals surface area contributed by atoms with Crippen LogP contribution in [-0.2, 0) is 7.05 Å². The van der Waals surface area contributed by atoms with Crippen molar-refractivity contribution in [2.75, 3.05) is 11.5 Å². The number of aryl methyl sites for hydroxylation is 1. The molecule has 6 heteroatoms. The number of fused-ring (bicyclic) bond motifs is 2. The summed E-state index contributed by atoms with van der Waals surface area (Å²) in [5, 5.41) is 0.789. The van der Waals surface area contributed by atoms with Crippen LogP contribution < -0.4 is 11.5 Å². The van der Waals surface area contributed by atoms with E-state index in [9.17, 15) is 0 Å². The third-order valence-corrected chi connectivity index (χ3v) is 3.79. The van der Waals surface area contributed by atoms with Crippen molar-refractivity contribution >= 4 is 33.7 Å². The average molecular weight is 290 g/mol. The SMILES string of the molecule is Cn1c(-c2ccc3c(N)nc(N)nc3c2)nc2ccccc21. The van der Waals surface area contributed by atoms with Crippen LogP contribution in [0.5, 0.6) is 0 Å². The van der Waals surface area contributed by atoms with Crippen molar-refractivity contribution in [3.63, 3.8) is 0 Å². The zero-order chi connectivity index (χ0) is 15.3. The van der Waals surface area contributed by atoms with E-state index >= 15 is 0 Å². The van der Waals surface area contributed by atoms with Gasteiger partial charge < -0.3 is 16.0 Å². The smallest absolute Gasteiger partial charge is 0.222 e. The van der Waals surface area contributed by atoms with Gasteiger partial charge in [0.2, 0.25) is 5.95 Å². The number of nitrogen functional groups attached to an aromatic ring is 2. The first-order valence-corrected chi connectivity index (χ1v) is 6.88. The Hall–Kier alpha value is -3.15. The van der Waals surface area contributed by atoms with Gasteiger partial charge in [-0.2, -0.15) is 4.98 Å².